The van der Waals surface area contributed by atoms with Crippen LogP contribution in [0.5, 0.6) is 0 Å². The van der Waals surface area contributed by atoms with E-state index >= 15 is 0 Å². The van der Waals surface area contributed by atoms with Crippen molar-refractivity contribution < 1.29 is 0 Å². The summed E-state index contributed by atoms with van der Waals surface area (Å²) in [5, 5.41) is 3.77. The largest absolute Gasteiger partial charge is 0.367 e. The first kappa shape index (κ1) is 11.2. The molecule has 1 N–H and O–H groups in total. The van der Waals surface area contributed by atoms with E-state index in [4.69, 9.17) is 11.6 Å². The van der Waals surface area contributed by atoms with Gasteiger partial charge in [0.1, 0.15) is 0 Å². The Balaban J connectivity index is 1.50. The molecule has 0 aromatic carbocycles. The van der Waals surface area contributed by atoms with Crippen LogP contribution in [0.15, 0.2) is 12.4 Å². The minimum absolute atomic E-state index is 0.463. The third-order valence-corrected chi connectivity index (χ3v) is 3.87. The van der Waals surface area contributed by atoms with Crippen molar-refractivity contribution >= 4 is 17.4 Å². The number of aromatic nitrogens is 2. The fourth-order valence-electron chi connectivity index (χ4n) is 2.48. The quantitative estimate of drug-likeness (QED) is 0.890. The summed E-state index contributed by atoms with van der Waals surface area (Å²) in [4.78, 5) is 10.8. The molecular weight excluding hydrogens is 236 g/mol. The van der Waals surface area contributed by atoms with Gasteiger partial charge in [0.25, 0.3) is 0 Å². The highest BCUT2D eigenvalue weighted by Gasteiger charge is 2.34. The second-order valence-corrected chi connectivity index (χ2v) is 5.32. The molecule has 1 aliphatic heterocycles. The Morgan fingerprint density at radius 3 is 2.88 bits per heavy atom. The Morgan fingerprint density at radius 2 is 2.12 bits per heavy atom. The zero-order valence-corrected chi connectivity index (χ0v) is 10.5. The molecule has 17 heavy (non-hydrogen) atoms. The summed E-state index contributed by atoms with van der Waals surface area (Å²) in [5.74, 6) is 1.42. The monoisotopic (exact) mass is 252 g/mol. The van der Waals surface area contributed by atoms with Gasteiger partial charge in [0.15, 0.2) is 11.0 Å². The van der Waals surface area contributed by atoms with E-state index in [1.165, 1.54) is 32.4 Å². The highest BCUT2D eigenvalue weighted by atomic mass is 35.5. The maximum absolute atomic E-state index is 5.95. The summed E-state index contributed by atoms with van der Waals surface area (Å²) >= 11 is 5.95. The number of rotatable bonds is 4. The highest BCUT2D eigenvalue weighted by molar-refractivity contribution is 6.31. The fourth-order valence-corrected chi connectivity index (χ4v) is 2.65. The van der Waals surface area contributed by atoms with Gasteiger partial charge in [-0.2, -0.15) is 0 Å². The summed E-state index contributed by atoms with van der Waals surface area (Å²) < 4.78 is 0. The number of nitrogens with one attached hydrogen (secondary N) is 1. The molecule has 3 rings (SSSR count). The zero-order chi connectivity index (χ0) is 11.7. The molecule has 4 nitrogen and oxygen atoms in total. The third-order valence-electron chi connectivity index (χ3n) is 3.59. The van der Waals surface area contributed by atoms with Crippen LogP contribution in [0, 0.1) is 5.92 Å². The average Bonchev–Trinajstić information content (AvgIpc) is 3.08. The Morgan fingerprint density at radius 1 is 1.29 bits per heavy atom. The van der Waals surface area contributed by atoms with E-state index in [0.29, 0.717) is 16.9 Å². The van der Waals surface area contributed by atoms with Crippen LogP contribution in [0.25, 0.3) is 0 Å². The molecule has 1 aliphatic carbocycles. The van der Waals surface area contributed by atoms with Crippen LogP contribution < -0.4 is 5.32 Å². The number of hydrogen-bond acceptors (Lipinski definition) is 4. The van der Waals surface area contributed by atoms with Gasteiger partial charge in [-0.1, -0.05) is 11.6 Å². The van der Waals surface area contributed by atoms with Gasteiger partial charge >= 0.3 is 0 Å². The molecule has 2 aliphatic rings. The maximum Gasteiger partial charge on any atom is 0.171 e. The number of hydrogen-bond donors (Lipinski definition) is 1. The normalized spacial score (nSPS) is 25.1. The van der Waals surface area contributed by atoms with Crippen molar-refractivity contribution in [2.75, 3.05) is 25.0 Å². The molecule has 5 heteroatoms. The highest BCUT2D eigenvalue weighted by Crippen LogP contribution is 2.31. The van der Waals surface area contributed by atoms with E-state index in [1.807, 2.05) is 0 Å². The Bertz CT molecular complexity index is 394. The second-order valence-electron chi connectivity index (χ2n) is 4.96. The molecule has 2 fully saturated rings. The smallest absolute Gasteiger partial charge is 0.171 e. The minimum atomic E-state index is 0.463. The van der Waals surface area contributed by atoms with Crippen molar-refractivity contribution in [3.8, 4) is 0 Å². The third kappa shape index (κ3) is 2.69. The second kappa shape index (κ2) is 4.78. The zero-order valence-electron chi connectivity index (χ0n) is 9.77. The summed E-state index contributed by atoms with van der Waals surface area (Å²) in [6.45, 7) is 3.42. The van der Waals surface area contributed by atoms with Crippen LogP contribution in [0.1, 0.15) is 19.3 Å². The lowest BCUT2D eigenvalue weighted by Gasteiger charge is -2.15. The minimum Gasteiger partial charge on any atom is -0.367 e. The van der Waals surface area contributed by atoms with E-state index in [9.17, 15) is 0 Å². The fraction of sp³-hybridized carbons (Fsp3) is 0.667. The molecule has 1 saturated heterocycles. The van der Waals surface area contributed by atoms with E-state index < -0.39 is 0 Å². The first-order valence-corrected chi connectivity index (χ1v) is 6.65. The standard InChI is InChI=1S/C12H17ClN4/c13-11-12(15-5-4-14-11)16-7-9-3-6-17(8-9)10-1-2-10/h4-5,9-10H,1-3,6-8H2,(H,15,16). The van der Waals surface area contributed by atoms with Crippen LogP contribution in [-0.4, -0.2) is 40.5 Å². The molecular formula is C12H17ClN4. The predicted molar refractivity (Wildman–Crippen MR) is 68.2 cm³/mol. The van der Waals surface area contributed by atoms with Crippen molar-refractivity contribution in [2.24, 2.45) is 5.92 Å². The van der Waals surface area contributed by atoms with E-state index in [-0.39, 0.29) is 0 Å². The van der Waals surface area contributed by atoms with Gasteiger partial charge in [0.2, 0.25) is 0 Å². The Kier molecular flexibility index (Phi) is 3.16. The molecule has 1 aromatic heterocycles. The maximum atomic E-state index is 5.95. The summed E-state index contributed by atoms with van der Waals surface area (Å²) in [6.07, 6.45) is 7.35. The van der Waals surface area contributed by atoms with Gasteiger partial charge in [-0.3, -0.25) is 0 Å². The number of likely N-dealkylation sites (tertiary alicyclic amines) is 1. The molecule has 2 heterocycles. The Hall–Kier alpha value is -0.870. The summed E-state index contributed by atoms with van der Waals surface area (Å²) in [6, 6.07) is 0.889. The van der Waals surface area contributed by atoms with Crippen molar-refractivity contribution in [3.05, 3.63) is 17.5 Å². The number of nitrogens with zero attached hydrogens (tertiary/aromatic N) is 3. The van der Waals surface area contributed by atoms with Crippen LogP contribution in [0.4, 0.5) is 5.82 Å². The number of anilines is 1. The molecule has 0 radical (unpaired) electrons. The van der Waals surface area contributed by atoms with Crippen molar-refractivity contribution in [2.45, 2.75) is 25.3 Å². The van der Waals surface area contributed by atoms with Gasteiger partial charge in [-0.05, 0) is 31.7 Å². The first-order valence-electron chi connectivity index (χ1n) is 6.27. The van der Waals surface area contributed by atoms with E-state index in [2.05, 4.69) is 20.2 Å². The molecule has 1 unspecified atom stereocenters. The van der Waals surface area contributed by atoms with Crippen LogP contribution in [-0.2, 0) is 0 Å². The van der Waals surface area contributed by atoms with Gasteiger partial charge in [-0.25, -0.2) is 9.97 Å². The molecule has 0 spiro atoms. The van der Waals surface area contributed by atoms with Gasteiger partial charge in [0.05, 0.1) is 0 Å². The molecule has 1 atom stereocenters. The van der Waals surface area contributed by atoms with Crippen LogP contribution in [0.2, 0.25) is 5.15 Å². The topological polar surface area (TPSA) is 41.1 Å². The lowest BCUT2D eigenvalue weighted by Crippen LogP contribution is -2.25. The lowest BCUT2D eigenvalue weighted by molar-refractivity contribution is 0.316. The summed E-state index contributed by atoms with van der Waals surface area (Å²) in [7, 11) is 0. The van der Waals surface area contributed by atoms with E-state index in [0.717, 1.165) is 12.6 Å². The van der Waals surface area contributed by atoms with Crippen molar-refractivity contribution in [1.82, 2.24) is 14.9 Å². The lowest BCUT2D eigenvalue weighted by atomic mass is 10.1. The first-order chi connectivity index (χ1) is 8.33. The number of halogens is 1. The van der Waals surface area contributed by atoms with Crippen molar-refractivity contribution in [1.29, 1.82) is 0 Å². The van der Waals surface area contributed by atoms with E-state index in [1.54, 1.807) is 12.4 Å². The molecule has 0 bridgehead atoms. The van der Waals surface area contributed by atoms with Crippen LogP contribution in [0.3, 0.4) is 0 Å². The predicted octanol–water partition coefficient (Wildman–Crippen LogP) is 2.03. The van der Waals surface area contributed by atoms with Crippen LogP contribution >= 0.6 is 11.6 Å². The van der Waals surface area contributed by atoms with Gasteiger partial charge < -0.3 is 10.2 Å². The van der Waals surface area contributed by atoms with Gasteiger partial charge in [0, 0.05) is 31.5 Å². The average molecular weight is 253 g/mol. The molecule has 1 aromatic rings. The molecule has 92 valence electrons. The van der Waals surface area contributed by atoms with Crippen molar-refractivity contribution in [3.63, 3.8) is 0 Å². The summed E-state index contributed by atoms with van der Waals surface area (Å²) in [5.41, 5.74) is 0. The SMILES string of the molecule is Clc1nccnc1NCC1CCN(C2CC2)C1. The molecule has 1 saturated carbocycles. The Labute approximate surface area is 106 Å². The molecule has 0 amide bonds. The van der Waals surface area contributed by atoms with Gasteiger partial charge in [-0.15, -0.1) is 0 Å².